The maximum absolute atomic E-state index is 10.9. The summed E-state index contributed by atoms with van der Waals surface area (Å²) in [5.74, 6) is -0.464. The van der Waals surface area contributed by atoms with Gasteiger partial charge < -0.3 is 9.84 Å². The molecule has 0 unspecified atom stereocenters. The summed E-state index contributed by atoms with van der Waals surface area (Å²) >= 11 is 0. The Labute approximate surface area is 79.4 Å². The van der Waals surface area contributed by atoms with Crippen LogP contribution in [0.5, 0.6) is 0 Å². The highest BCUT2D eigenvalue weighted by Gasteiger charge is 2.29. The van der Waals surface area contributed by atoms with Crippen molar-refractivity contribution >= 4 is 5.97 Å². The minimum absolute atomic E-state index is 0.388. The Hall–Kier alpha value is -0.830. The van der Waals surface area contributed by atoms with Crippen LogP contribution >= 0.6 is 0 Å². The molecule has 3 nitrogen and oxygen atoms in total. The summed E-state index contributed by atoms with van der Waals surface area (Å²) in [6.45, 7) is 10.2. The largest absolute Gasteiger partial charge is 0.456 e. The lowest BCUT2D eigenvalue weighted by molar-refractivity contribution is -0.154. The van der Waals surface area contributed by atoms with Gasteiger partial charge in [-0.2, -0.15) is 0 Å². The quantitative estimate of drug-likeness (QED) is 0.536. The van der Waals surface area contributed by atoms with E-state index >= 15 is 0 Å². The van der Waals surface area contributed by atoms with Crippen LogP contribution < -0.4 is 0 Å². The zero-order valence-electron chi connectivity index (χ0n) is 8.76. The zero-order chi connectivity index (χ0) is 10.7. The minimum Gasteiger partial charge on any atom is -0.456 e. The van der Waals surface area contributed by atoms with E-state index in [4.69, 9.17) is 4.74 Å². The van der Waals surface area contributed by atoms with Crippen LogP contribution in [0.4, 0.5) is 0 Å². The summed E-state index contributed by atoms with van der Waals surface area (Å²) in [6, 6.07) is 0. The highest BCUT2D eigenvalue weighted by atomic mass is 16.6. The van der Waals surface area contributed by atoms with E-state index in [2.05, 4.69) is 6.58 Å². The fourth-order valence-corrected chi connectivity index (χ4v) is 1.39. The summed E-state index contributed by atoms with van der Waals surface area (Å²) in [5.41, 5.74) is -1.51. The molecular formula is C10H18O3. The van der Waals surface area contributed by atoms with Crippen LogP contribution in [0.25, 0.3) is 0 Å². The van der Waals surface area contributed by atoms with E-state index in [1.54, 1.807) is 27.7 Å². The predicted molar refractivity (Wildman–Crippen MR) is 51.3 cm³/mol. The molecule has 13 heavy (non-hydrogen) atoms. The smallest absolute Gasteiger partial charge is 0.330 e. The van der Waals surface area contributed by atoms with E-state index in [1.165, 1.54) is 0 Å². The Morgan fingerprint density at radius 3 is 2.23 bits per heavy atom. The van der Waals surface area contributed by atoms with Gasteiger partial charge in [0.25, 0.3) is 0 Å². The van der Waals surface area contributed by atoms with Crippen molar-refractivity contribution in [1.29, 1.82) is 0 Å². The molecule has 0 atom stereocenters. The van der Waals surface area contributed by atoms with E-state index in [-0.39, 0.29) is 0 Å². The molecule has 0 aromatic rings. The monoisotopic (exact) mass is 186 g/mol. The normalized spacial score (nSPS) is 12.4. The molecule has 0 amide bonds. The molecule has 0 aliphatic rings. The van der Waals surface area contributed by atoms with Gasteiger partial charge in [-0.15, -0.1) is 0 Å². The van der Waals surface area contributed by atoms with Crippen LogP contribution in [0.1, 0.15) is 34.1 Å². The molecule has 3 heteroatoms. The van der Waals surface area contributed by atoms with Crippen molar-refractivity contribution in [2.45, 2.75) is 45.3 Å². The van der Waals surface area contributed by atoms with Gasteiger partial charge in [0.1, 0.15) is 5.60 Å². The van der Waals surface area contributed by atoms with Crippen molar-refractivity contribution in [3.63, 3.8) is 0 Å². The molecule has 0 saturated heterocycles. The molecule has 0 aromatic carbocycles. The van der Waals surface area contributed by atoms with Gasteiger partial charge in [0.2, 0.25) is 0 Å². The number of carbonyl (C=O) groups is 1. The minimum atomic E-state index is -0.842. The Bertz CT molecular complexity index is 199. The van der Waals surface area contributed by atoms with Crippen molar-refractivity contribution in [1.82, 2.24) is 0 Å². The predicted octanol–water partition coefficient (Wildman–Crippen LogP) is 1.66. The van der Waals surface area contributed by atoms with Crippen LogP contribution in [0.3, 0.4) is 0 Å². The summed E-state index contributed by atoms with van der Waals surface area (Å²) < 4.78 is 5.05. The first-order chi connectivity index (χ1) is 5.66. The fraction of sp³-hybridized carbons (Fsp3) is 0.700. The summed E-state index contributed by atoms with van der Waals surface area (Å²) in [6.07, 6.45) is 1.51. The SMILES string of the molecule is C=CC(=O)OC(C)(C)CC(C)(C)O. The molecule has 0 bridgehead atoms. The van der Waals surface area contributed by atoms with Crippen molar-refractivity contribution < 1.29 is 14.6 Å². The summed E-state index contributed by atoms with van der Waals surface area (Å²) in [7, 11) is 0. The third-order valence-electron chi connectivity index (χ3n) is 1.40. The molecule has 0 spiro atoms. The van der Waals surface area contributed by atoms with E-state index in [0.717, 1.165) is 6.08 Å². The van der Waals surface area contributed by atoms with Crippen LogP contribution in [0.15, 0.2) is 12.7 Å². The van der Waals surface area contributed by atoms with Gasteiger partial charge in [0.05, 0.1) is 5.60 Å². The second kappa shape index (κ2) is 3.92. The molecule has 0 rings (SSSR count). The summed E-state index contributed by atoms with van der Waals surface area (Å²) in [5, 5.41) is 9.52. The third kappa shape index (κ3) is 6.34. The number of esters is 1. The maximum atomic E-state index is 10.9. The second-order valence-electron chi connectivity index (χ2n) is 4.37. The molecule has 0 radical (unpaired) electrons. The maximum Gasteiger partial charge on any atom is 0.330 e. The molecule has 0 aliphatic carbocycles. The first-order valence-electron chi connectivity index (χ1n) is 4.24. The van der Waals surface area contributed by atoms with E-state index in [9.17, 15) is 9.90 Å². The lowest BCUT2D eigenvalue weighted by Gasteiger charge is -2.30. The molecule has 0 heterocycles. The molecule has 0 saturated carbocycles. The standard InChI is InChI=1S/C10H18O3/c1-6-8(11)13-10(4,5)7-9(2,3)12/h6,12H,1,7H2,2-5H3. The van der Waals surface area contributed by atoms with E-state index in [0.29, 0.717) is 6.42 Å². The zero-order valence-corrected chi connectivity index (χ0v) is 8.76. The Balaban J connectivity index is 4.24. The van der Waals surface area contributed by atoms with Gasteiger partial charge >= 0.3 is 5.97 Å². The molecule has 0 aromatic heterocycles. The number of carbonyl (C=O) groups excluding carboxylic acids is 1. The van der Waals surface area contributed by atoms with Gasteiger partial charge in [0, 0.05) is 12.5 Å². The lowest BCUT2D eigenvalue weighted by atomic mass is 9.92. The molecule has 76 valence electrons. The van der Waals surface area contributed by atoms with Gasteiger partial charge in [-0.3, -0.25) is 0 Å². The summed E-state index contributed by atoms with van der Waals surface area (Å²) in [4.78, 5) is 10.9. The van der Waals surface area contributed by atoms with Crippen LogP contribution in [0, 0.1) is 0 Å². The van der Waals surface area contributed by atoms with Crippen molar-refractivity contribution in [3.05, 3.63) is 12.7 Å². The average Bonchev–Trinajstić information content (AvgIpc) is 1.80. The molecule has 1 N–H and O–H groups in total. The molecular weight excluding hydrogens is 168 g/mol. The highest BCUT2D eigenvalue weighted by molar-refractivity contribution is 5.81. The second-order valence-corrected chi connectivity index (χ2v) is 4.37. The number of ether oxygens (including phenoxy) is 1. The molecule has 0 aliphatic heterocycles. The van der Waals surface area contributed by atoms with E-state index in [1.807, 2.05) is 0 Å². The van der Waals surface area contributed by atoms with Crippen LogP contribution in [0.2, 0.25) is 0 Å². The van der Waals surface area contributed by atoms with Gasteiger partial charge in [-0.05, 0) is 27.7 Å². The first kappa shape index (κ1) is 12.2. The Kier molecular flexibility index (Phi) is 3.67. The molecule has 0 fully saturated rings. The Morgan fingerprint density at radius 1 is 1.46 bits per heavy atom. The average molecular weight is 186 g/mol. The number of aliphatic hydroxyl groups is 1. The highest BCUT2D eigenvalue weighted by Crippen LogP contribution is 2.23. The number of hydrogen-bond donors (Lipinski definition) is 1. The van der Waals surface area contributed by atoms with Crippen molar-refractivity contribution in [2.75, 3.05) is 0 Å². The van der Waals surface area contributed by atoms with Crippen LogP contribution in [-0.2, 0) is 9.53 Å². The van der Waals surface area contributed by atoms with Crippen molar-refractivity contribution in [3.8, 4) is 0 Å². The third-order valence-corrected chi connectivity index (χ3v) is 1.40. The first-order valence-corrected chi connectivity index (χ1v) is 4.24. The van der Waals surface area contributed by atoms with E-state index < -0.39 is 17.2 Å². The van der Waals surface area contributed by atoms with Crippen molar-refractivity contribution in [2.24, 2.45) is 0 Å². The number of hydrogen-bond acceptors (Lipinski definition) is 3. The van der Waals surface area contributed by atoms with Gasteiger partial charge in [-0.25, -0.2) is 4.79 Å². The van der Waals surface area contributed by atoms with Gasteiger partial charge in [0.15, 0.2) is 0 Å². The van der Waals surface area contributed by atoms with Gasteiger partial charge in [-0.1, -0.05) is 6.58 Å². The topological polar surface area (TPSA) is 46.5 Å². The lowest BCUT2D eigenvalue weighted by Crippen LogP contribution is -2.36. The number of rotatable bonds is 4. The fourth-order valence-electron chi connectivity index (χ4n) is 1.39. The Morgan fingerprint density at radius 2 is 1.92 bits per heavy atom. The van der Waals surface area contributed by atoms with Crippen LogP contribution in [-0.4, -0.2) is 22.3 Å².